The Morgan fingerprint density at radius 3 is 3.00 bits per heavy atom. The van der Waals surface area contributed by atoms with Crippen LogP contribution < -0.4 is 4.90 Å². The lowest BCUT2D eigenvalue weighted by Crippen LogP contribution is -2.29. The van der Waals surface area contributed by atoms with E-state index in [0.717, 1.165) is 16.6 Å². The van der Waals surface area contributed by atoms with E-state index < -0.39 is 0 Å². The highest BCUT2D eigenvalue weighted by Gasteiger charge is 2.26. The number of carbonyl (C=O) groups is 1. The van der Waals surface area contributed by atoms with Crippen molar-refractivity contribution in [1.82, 2.24) is 4.98 Å². The molecular weight excluding hydrogens is 328 g/mol. The Kier molecular flexibility index (Phi) is 3.29. The van der Waals surface area contributed by atoms with Crippen LogP contribution in [0.2, 0.25) is 5.15 Å². The summed E-state index contributed by atoms with van der Waals surface area (Å²) in [6.45, 7) is 0.682. The SMILES string of the molecule is O=C(c1cc(Br)cnc1Cl)N1CCc2ccccc21. The van der Waals surface area contributed by atoms with Gasteiger partial charge in [0.25, 0.3) is 5.91 Å². The maximum absolute atomic E-state index is 12.6. The predicted molar refractivity (Wildman–Crippen MR) is 78.8 cm³/mol. The molecule has 1 aromatic carbocycles. The zero-order chi connectivity index (χ0) is 13.4. The average Bonchev–Trinajstić information content (AvgIpc) is 2.84. The lowest BCUT2D eigenvalue weighted by atomic mass is 10.2. The molecule has 1 aliphatic heterocycles. The Bertz CT molecular complexity index is 660. The molecule has 96 valence electrons. The fourth-order valence-electron chi connectivity index (χ4n) is 2.27. The second-order valence-electron chi connectivity index (χ2n) is 4.33. The number of benzene rings is 1. The number of nitrogens with zero attached hydrogens (tertiary/aromatic N) is 2. The molecule has 1 aromatic heterocycles. The van der Waals surface area contributed by atoms with E-state index in [1.54, 1.807) is 17.2 Å². The minimum absolute atomic E-state index is 0.108. The van der Waals surface area contributed by atoms with Crippen molar-refractivity contribution in [3.05, 3.63) is 57.3 Å². The maximum atomic E-state index is 12.6. The third-order valence-corrected chi connectivity index (χ3v) is 3.90. The van der Waals surface area contributed by atoms with Crippen LogP contribution in [-0.2, 0) is 6.42 Å². The molecule has 0 spiro atoms. The van der Waals surface area contributed by atoms with Gasteiger partial charge in [-0.3, -0.25) is 4.79 Å². The Balaban J connectivity index is 2.00. The molecule has 0 N–H and O–H groups in total. The molecule has 0 radical (unpaired) electrons. The molecule has 19 heavy (non-hydrogen) atoms. The molecule has 1 amide bonds. The summed E-state index contributed by atoms with van der Waals surface area (Å²) in [7, 11) is 0. The number of anilines is 1. The minimum atomic E-state index is -0.108. The molecule has 1 aliphatic rings. The van der Waals surface area contributed by atoms with E-state index in [4.69, 9.17) is 11.6 Å². The second kappa shape index (κ2) is 4.94. The van der Waals surface area contributed by atoms with Gasteiger partial charge in [0, 0.05) is 22.9 Å². The largest absolute Gasteiger partial charge is 0.308 e. The van der Waals surface area contributed by atoms with Gasteiger partial charge in [0.05, 0.1) is 5.56 Å². The van der Waals surface area contributed by atoms with Crippen molar-refractivity contribution in [2.24, 2.45) is 0 Å². The number of rotatable bonds is 1. The summed E-state index contributed by atoms with van der Waals surface area (Å²) in [5.74, 6) is -0.108. The maximum Gasteiger partial charge on any atom is 0.261 e. The molecule has 0 aliphatic carbocycles. The minimum Gasteiger partial charge on any atom is -0.308 e. The lowest BCUT2D eigenvalue weighted by molar-refractivity contribution is 0.0989. The number of aromatic nitrogens is 1. The molecule has 0 bridgehead atoms. The van der Waals surface area contributed by atoms with Gasteiger partial charge in [-0.25, -0.2) is 4.98 Å². The van der Waals surface area contributed by atoms with Gasteiger partial charge in [0.2, 0.25) is 0 Å². The highest BCUT2D eigenvalue weighted by Crippen LogP contribution is 2.30. The van der Waals surface area contributed by atoms with Gasteiger partial charge in [0.15, 0.2) is 0 Å². The Hall–Kier alpha value is -1.39. The molecule has 0 saturated heterocycles. The van der Waals surface area contributed by atoms with E-state index in [1.165, 1.54) is 5.56 Å². The van der Waals surface area contributed by atoms with Crippen LogP contribution in [0.15, 0.2) is 41.0 Å². The summed E-state index contributed by atoms with van der Waals surface area (Å²) in [4.78, 5) is 18.3. The quantitative estimate of drug-likeness (QED) is 0.743. The number of pyridine rings is 1. The fourth-order valence-corrected chi connectivity index (χ4v) is 2.78. The number of para-hydroxylation sites is 1. The Morgan fingerprint density at radius 1 is 1.37 bits per heavy atom. The monoisotopic (exact) mass is 336 g/mol. The number of halogens is 2. The van der Waals surface area contributed by atoms with Gasteiger partial charge < -0.3 is 4.90 Å². The van der Waals surface area contributed by atoms with Gasteiger partial charge in [0.1, 0.15) is 5.15 Å². The molecular formula is C14H10BrClN2O. The van der Waals surface area contributed by atoms with Gasteiger partial charge in [-0.05, 0) is 40.0 Å². The first-order valence-corrected chi connectivity index (χ1v) is 7.05. The van der Waals surface area contributed by atoms with Crippen LogP contribution in [0, 0.1) is 0 Å². The zero-order valence-corrected chi connectivity index (χ0v) is 12.3. The van der Waals surface area contributed by atoms with Crippen molar-refractivity contribution in [2.45, 2.75) is 6.42 Å². The first-order chi connectivity index (χ1) is 9.16. The summed E-state index contributed by atoms with van der Waals surface area (Å²) in [6.07, 6.45) is 2.46. The number of hydrogen-bond donors (Lipinski definition) is 0. The summed E-state index contributed by atoms with van der Waals surface area (Å²) in [6, 6.07) is 9.63. The second-order valence-corrected chi connectivity index (χ2v) is 5.60. The molecule has 0 saturated carbocycles. The Morgan fingerprint density at radius 2 is 2.16 bits per heavy atom. The first-order valence-electron chi connectivity index (χ1n) is 5.87. The van der Waals surface area contributed by atoms with Crippen LogP contribution in [0.1, 0.15) is 15.9 Å². The molecule has 0 atom stereocenters. The average molecular weight is 338 g/mol. The molecule has 3 rings (SSSR count). The standard InChI is InChI=1S/C14H10BrClN2O/c15-10-7-11(13(16)17-8-10)14(19)18-6-5-9-3-1-2-4-12(9)18/h1-4,7-8H,5-6H2. The van der Waals surface area contributed by atoms with Crippen LogP contribution in [-0.4, -0.2) is 17.4 Å². The van der Waals surface area contributed by atoms with Crippen molar-refractivity contribution in [3.63, 3.8) is 0 Å². The summed E-state index contributed by atoms with van der Waals surface area (Å²) < 4.78 is 0.743. The highest BCUT2D eigenvalue weighted by atomic mass is 79.9. The molecule has 2 heterocycles. The van der Waals surface area contributed by atoms with E-state index in [9.17, 15) is 4.79 Å². The third-order valence-electron chi connectivity index (χ3n) is 3.17. The van der Waals surface area contributed by atoms with Crippen molar-refractivity contribution < 1.29 is 4.79 Å². The molecule has 3 nitrogen and oxygen atoms in total. The van der Waals surface area contributed by atoms with Gasteiger partial charge in [-0.15, -0.1) is 0 Å². The summed E-state index contributed by atoms with van der Waals surface area (Å²) in [5.41, 5.74) is 2.58. The smallest absolute Gasteiger partial charge is 0.261 e. The predicted octanol–water partition coefficient (Wildman–Crippen LogP) is 3.70. The van der Waals surface area contributed by atoms with E-state index >= 15 is 0 Å². The normalized spacial score (nSPS) is 13.5. The van der Waals surface area contributed by atoms with Crippen molar-refractivity contribution in [1.29, 1.82) is 0 Å². The number of amides is 1. The first kappa shape index (κ1) is 12.6. The van der Waals surface area contributed by atoms with E-state index in [2.05, 4.69) is 20.9 Å². The van der Waals surface area contributed by atoms with Crippen LogP contribution in [0.25, 0.3) is 0 Å². The highest BCUT2D eigenvalue weighted by molar-refractivity contribution is 9.10. The molecule has 5 heteroatoms. The van der Waals surface area contributed by atoms with E-state index in [0.29, 0.717) is 12.1 Å². The fraction of sp³-hybridized carbons (Fsp3) is 0.143. The summed E-state index contributed by atoms with van der Waals surface area (Å²) in [5, 5.41) is 0.234. The lowest BCUT2D eigenvalue weighted by Gasteiger charge is -2.17. The Labute approximate surface area is 124 Å². The van der Waals surface area contributed by atoms with Crippen LogP contribution in [0.4, 0.5) is 5.69 Å². The molecule has 0 unspecified atom stereocenters. The van der Waals surface area contributed by atoms with Gasteiger partial charge >= 0.3 is 0 Å². The van der Waals surface area contributed by atoms with Gasteiger partial charge in [-0.1, -0.05) is 29.8 Å². The number of carbonyl (C=O) groups excluding carboxylic acids is 1. The molecule has 0 fully saturated rings. The van der Waals surface area contributed by atoms with Gasteiger partial charge in [-0.2, -0.15) is 0 Å². The van der Waals surface area contributed by atoms with Crippen molar-refractivity contribution in [2.75, 3.05) is 11.4 Å². The van der Waals surface area contributed by atoms with E-state index in [1.807, 2.05) is 24.3 Å². The zero-order valence-electron chi connectivity index (χ0n) is 9.94. The van der Waals surface area contributed by atoms with Crippen molar-refractivity contribution in [3.8, 4) is 0 Å². The number of hydrogen-bond acceptors (Lipinski definition) is 2. The van der Waals surface area contributed by atoms with Crippen LogP contribution in [0.3, 0.4) is 0 Å². The molecule has 2 aromatic rings. The van der Waals surface area contributed by atoms with Crippen LogP contribution in [0.5, 0.6) is 0 Å². The number of fused-ring (bicyclic) bond motifs is 1. The summed E-state index contributed by atoms with van der Waals surface area (Å²) >= 11 is 9.33. The van der Waals surface area contributed by atoms with Crippen molar-refractivity contribution >= 4 is 39.1 Å². The van der Waals surface area contributed by atoms with Crippen LogP contribution >= 0.6 is 27.5 Å². The van der Waals surface area contributed by atoms with E-state index in [-0.39, 0.29) is 11.1 Å². The third kappa shape index (κ3) is 2.26. The topological polar surface area (TPSA) is 33.2 Å².